The second kappa shape index (κ2) is 9.40. The fourth-order valence-electron chi connectivity index (χ4n) is 4.16. The fourth-order valence-corrected chi connectivity index (χ4v) is 4.16. The van der Waals surface area contributed by atoms with Crippen LogP contribution in [-0.4, -0.2) is 62.6 Å². The number of rotatable bonds is 6. The molecule has 0 N–H and O–H groups in total. The van der Waals surface area contributed by atoms with Crippen LogP contribution in [0.5, 0.6) is 5.75 Å². The fraction of sp³-hybridized carbons (Fsp3) is 0.346. The van der Waals surface area contributed by atoms with E-state index in [0.29, 0.717) is 13.1 Å². The van der Waals surface area contributed by atoms with Crippen molar-refractivity contribution in [1.82, 2.24) is 9.80 Å². The van der Waals surface area contributed by atoms with Gasteiger partial charge in [-0.05, 0) is 59.2 Å². The highest BCUT2D eigenvalue weighted by molar-refractivity contribution is 5.84. The van der Waals surface area contributed by atoms with Crippen molar-refractivity contribution in [2.24, 2.45) is 0 Å². The van der Waals surface area contributed by atoms with Crippen LogP contribution in [0.25, 0.3) is 10.8 Å². The van der Waals surface area contributed by atoms with E-state index in [1.165, 1.54) is 11.3 Å². The molecule has 31 heavy (non-hydrogen) atoms. The number of benzene rings is 3. The van der Waals surface area contributed by atoms with Gasteiger partial charge >= 0.3 is 0 Å². The average molecular weight is 418 g/mol. The number of carbonyl (C=O) groups is 1. The van der Waals surface area contributed by atoms with E-state index in [-0.39, 0.29) is 5.91 Å². The lowest BCUT2D eigenvalue weighted by molar-refractivity contribution is -0.131. The minimum absolute atomic E-state index is 0.166. The molecule has 0 unspecified atom stereocenters. The third-order valence-electron chi connectivity index (χ3n) is 6.06. The molecule has 3 aromatic carbocycles. The number of ether oxygens (including phenoxy) is 1. The number of methoxy groups -OCH3 is 1. The van der Waals surface area contributed by atoms with Crippen LogP contribution < -0.4 is 9.64 Å². The zero-order chi connectivity index (χ0) is 21.8. The van der Waals surface area contributed by atoms with Gasteiger partial charge in [0.1, 0.15) is 5.75 Å². The molecule has 0 atom stereocenters. The van der Waals surface area contributed by atoms with Crippen LogP contribution in [0.2, 0.25) is 0 Å². The summed E-state index contributed by atoms with van der Waals surface area (Å²) in [5.74, 6) is 1.02. The van der Waals surface area contributed by atoms with Crippen LogP contribution in [0.4, 0.5) is 5.69 Å². The molecule has 5 nitrogen and oxygen atoms in total. The molecule has 1 aliphatic heterocycles. The molecule has 1 fully saturated rings. The van der Waals surface area contributed by atoms with Crippen molar-refractivity contribution in [2.45, 2.75) is 13.5 Å². The Kier molecular flexibility index (Phi) is 6.42. The van der Waals surface area contributed by atoms with Gasteiger partial charge in [-0.3, -0.25) is 9.69 Å². The third-order valence-corrected chi connectivity index (χ3v) is 6.06. The highest BCUT2D eigenvalue weighted by Gasteiger charge is 2.21. The molecule has 0 saturated carbocycles. The average Bonchev–Trinajstić information content (AvgIpc) is 2.79. The predicted molar refractivity (Wildman–Crippen MR) is 127 cm³/mol. The van der Waals surface area contributed by atoms with Crippen molar-refractivity contribution in [1.29, 1.82) is 0 Å². The van der Waals surface area contributed by atoms with Crippen molar-refractivity contribution < 1.29 is 9.53 Å². The van der Waals surface area contributed by atoms with Crippen molar-refractivity contribution in [2.75, 3.05) is 51.8 Å². The van der Waals surface area contributed by atoms with E-state index in [9.17, 15) is 4.79 Å². The van der Waals surface area contributed by atoms with Crippen LogP contribution in [0.3, 0.4) is 0 Å². The monoisotopic (exact) mass is 417 g/mol. The Balaban J connectivity index is 1.30. The third kappa shape index (κ3) is 5.17. The smallest absolute Gasteiger partial charge is 0.236 e. The van der Waals surface area contributed by atoms with E-state index in [0.717, 1.165) is 48.3 Å². The minimum atomic E-state index is 0.166. The molecule has 3 aromatic rings. The molecule has 0 bridgehead atoms. The Morgan fingerprint density at radius 2 is 1.71 bits per heavy atom. The van der Waals surface area contributed by atoms with Crippen LogP contribution in [0, 0.1) is 6.92 Å². The summed E-state index contributed by atoms with van der Waals surface area (Å²) in [4.78, 5) is 19.3. The molecule has 162 valence electrons. The molecule has 1 saturated heterocycles. The maximum atomic E-state index is 12.8. The van der Waals surface area contributed by atoms with Gasteiger partial charge in [-0.1, -0.05) is 30.3 Å². The van der Waals surface area contributed by atoms with Gasteiger partial charge in [-0.25, -0.2) is 0 Å². The Morgan fingerprint density at radius 1 is 0.968 bits per heavy atom. The Labute approximate surface area is 184 Å². The van der Waals surface area contributed by atoms with Crippen LogP contribution in [0.1, 0.15) is 11.1 Å². The lowest BCUT2D eigenvalue weighted by Crippen LogP contribution is -2.49. The SMILES string of the molecule is COc1ccc2cc(CN(C)C(=O)CN3CCN(c4cccc(C)c4)CC3)ccc2c1. The summed E-state index contributed by atoms with van der Waals surface area (Å²) in [7, 11) is 3.57. The quantitative estimate of drug-likeness (QED) is 0.609. The Morgan fingerprint density at radius 3 is 2.45 bits per heavy atom. The van der Waals surface area contributed by atoms with Gasteiger partial charge in [0.25, 0.3) is 0 Å². The van der Waals surface area contributed by atoms with E-state index >= 15 is 0 Å². The standard InChI is InChI=1S/C26H31N3O2/c1-20-5-4-6-24(15-20)29-13-11-28(12-14-29)19-26(30)27(2)18-21-7-8-23-17-25(31-3)10-9-22(23)16-21/h4-10,15-17H,11-14,18-19H2,1-3H3. The topological polar surface area (TPSA) is 36.0 Å². The number of hydrogen-bond acceptors (Lipinski definition) is 4. The van der Waals surface area contributed by atoms with Crippen molar-refractivity contribution in [3.63, 3.8) is 0 Å². The van der Waals surface area contributed by atoms with Gasteiger partial charge in [0.15, 0.2) is 0 Å². The van der Waals surface area contributed by atoms with Crippen LogP contribution in [-0.2, 0) is 11.3 Å². The molecule has 0 aliphatic carbocycles. The number of nitrogens with zero attached hydrogens (tertiary/aromatic N) is 3. The van der Waals surface area contributed by atoms with E-state index < -0.39 is 0 Å². The highest BCUT2D eigenvalue weighted by atomic mass is 16.5. The number of fused-ring (bicyclic) bond motifs is 1. The van der Waals surface area contributed by atoms with Gasteiger partial charge in [0.2, 0.25) is 5.91 Å². The normalized spacial score (nSPS) is 14.6. The number of carbonyl (C=O) groups excluding carboxylic acids is 1. The van der Waals surface area contributed by atoms with Crippen molar-refractivity contribution >= 4 is 22.4 Å². The summed E-state index contributed by atoms with van der Waals surface area (Å²) in [5.41, 5.74) is 3.69. The summed E-state index contributed by atoms with van der Waals surface area (Å²) >= 11 is 0. The first kappa shape index (κ1) is 21.2. The highest BCUT2D eigenvalue weighted by Crippen LogP contribution is 2.22. The lowest BCUT2D eigenvalue weighted by atomic mass is 10.1. The second-order valence-electron chi connectivity index (χ2n) is 8.40. The first-order valence-corrected chi connectivity index (χ1v) is 10.9. The van der Waals surface area contributed by atoms with Crippen LogP contribution in [0.15, 0.2) is 60.7 Å². The number of piperazine rings is 1. The number of hydrogen-bond donors (Lipinski definition) is 0. The summed E-state index contributed by atoms with van der Waals surface area (Å²) in [6.45, 7) is 6.94. The maximum Gasteiger partial charge on any atom is 0.236 e. The summed E-state index contributed by atoms with van der Waals surface area (Å²) in [6.07, 6.45) is 0. The van der Waals surface area contributed by atoms with Crippen LogP contribution >= 0.6 is 0 Å². The summed E-state index contributed by atoms with van der Waals surface area (Å²) in [6, 6.07) is 21.0. The first-order valence-electron chi connectivity index (χ1n) is 10.9. The first-order chi connectivity index (χ1) is 15.0. The minimum Gasteiger partial charge on any atom is -0.497 e. The van der Waals surface area contributed by atoms with Gasteiger partial charge in [0, 0.05) is 45.5 Å². The number of likely N-dealkylation sites (N-methyl/N-ethyl adjacent to an activating group) is 1. The molecular formula is C26H31N3O2. The van der Waals surface area contributed by atoms with E-state index in [4.69, 9.17) is 4.74 Å². The zero-order valence-electron chi connectivity index (χ0n) is 18.7. The summed E-state index contributed by atoms with van der Waals surface area (Å²) in [5, 5.41) is 2.30. The van der Waals surface area contributed by atoms with Gasteiger partial charge in [-0.2, -0.15) is 0 Å². The maximum absolute atomic E-state index is 12.8. The molecule has 1 aliphatic rings. The van der Waals surface area contributed by atoms with E-state index in [2.05, 4.69) is 65.3 Å². The Bertz CT molecular complexity index is 1060. The summed E-state index contributed by atoms with van der Waals surface area (Å²) < 4.78 is 5.30. The second-order valence-corrected chi connectivity index (χ2v) is 8.40. The predicted octanol–water partition coefficient (Wildman–Crippen LogP) is 3.94. The number of anilines is 1. The molecule has 5 heteroatoms. The number of amides is 1. The zero-order valence-corrected chi connectivity index (χ0v) is 18.7. The number of aryl methyl sites for hydroxylation is 1. The van der Waals surface area contributed by atoms with E-state index in [1.54, 1.807) is 7.11 Å². The molecular weight excluding hydrogens is 386 g/mol. The molecule has 0 aromatic heterocycles. The molecule has 1 amide bonds. The molecule has 0 radical (unpaired) electrons. The van der Waals surface area contributed by atoms with E-state index in [1.807, 2.05) is 24.1 Å². The molecule has 0 spiro atoms. The van der Waals surface area contributed by atoms with Crippen molar-refractivity contribution in [3.8, 4) is 5.75 Å². The molecule has 1 heterocycles. The van der Waals surface area contributed by atoms with Crippen molar-refractivity contribution in [3.05, 3.63) is 71.8 Å². The molecule has 4 rings (SSSR count). The van der Waals surface area contributed by atoms with Gasteiger partial charge < -0.3 is 14.5 Å². The largest absolute Gasteiger partial charge is 0.497 e. The van der Waals surface area contributed by atoms with Gasteiger partial charge in [0.05, 0.1) is 13.7 Å². The Hall–Kier alpha value is -3.05. The van der Waals surface area contributed by atoms with Gasteiger partial charge in [-0.15, -0.1) is 0 Å². The lowest BCUT2D eigenvalue weighted by Gasteiger charge is -2.36.